The van der Waals surface area contributed by atoms with Gasteiger partial charge in [0.1, 0.15) is 0 Å². The number of carbonyl (C=O) groups is 1. The summed E-state index contributed by atoms with van der Waals surface area (Å²) < 4.78 is 22.5. The number of amides is 1. The van der Waals surface area contributed by atoms with Gasteiger partial charge in [-0.05, 0) is 19.4 Å². The lowest BCUT2D eigenvalue weighted by Gasteiger charge is -2.01. The zero-order valence-corrected chi connectivity index (χ0v) is 12.7. The fourth-order valence-electron chi connectivity index (χ4n) is 1.48. The molecule has 0 aliphatic carbocycles. The molecule has 0 unspecified atom stereocenters. The van der Waals surface area contributed by atoms with Crippen LogP contribution in [0.1, 0.15) is 40.7 Å². The van der Waals surface area contributed by atoms with Crippen molar-refractivity contribution in [1.29, 1.82) is 0 Å². The summed E-state index contributed by atoms with van der Waals surface area (Å²) in [5.74, 6) is -0.245. The maximum Gasteiger partial charge on any atom is 0.262 e. The minimum absolute atomic E-state index is 0.0212. The lowest BCUT2D eigenvalue weighted by molar-refractivity contribution is 0.0957. The van der Waals surface area contributed by atoms with Gasteiger partial charge in [-0.3, -0.25) is 4.79 Å². The molecule has 0 saturated carbocycles. The van der Waals surface area contributed by atoms with Gasteiger partial charge in [0.2, 0.25) is 0 Å². The molecule has 1 aromatic rings. The van der Waals surface area contributed by atoms with Crippen molar-refractivity contribution in [1.82, 2.24) is 5.32 Å². The highest BCUT2D eigenvalue weighted by molar-refractivity contribution is 8.13. The number of rotatable bonds is 6. The monoisotopic (exact) mass is 309 g/mol. The van der Waals surface area contributed by atoms with Gasteiger partial charge in [0.15, 0.2) is 0 Å². The van der Waals surface area contributed by atoms with Crippen LogP contribution in [0.3, 0.4) is 0 Å². The second-order valence-corrected chi connectivity index (χ2v) is 7.72. The van der Waals surface area contributed by atoms with Gasteiger partial charge in [-0.25, -0.2) is 8.42 Å². The van der Waals surface area contributed by atoms with Gasteiger partial charge in [0.05, 0.1) is 9.77 Å². The Bertz CT molecular complexity index is 522. The number of thiophene rings is 1. The van der Waals surface area contributed by atoms with Gasteiger partial charge >= 0.3 is 0 Å². The molecule has 0 saturated heterocycles. The van der Waals surface area contributed by atoms with Gasteiger partial charge in [-0.1, -0.05) is 19.8 Å². The number of aryl methyl sites for hydroxylation is 1. The fraction of sp³-hybridized carbons (Fsp3) is 0.545. The third kappa shape index (κ3) is 4.26. The van der Waals surface area contributed by atoms with E-state index in [2.05, 4.69) is 12.2 Å². The molecule has 1 N–H and O–H groups in total. The smallest absolute Gasteiger partial charge is 0.262 e. The van der Waals surface area contributed by atoms with E-state index in [1.807, 2.05) is 0 Å². The summed E-state index contributed by atoms with van der Waals surface area (Å²) >= 11 is 1.14. The third-order valence-electron chi connectivity index (χ3n) is 2.42. The Morgan fingerprint density at radius 3 is 2.61 bits per heavy atom. The standard InChI is InChI=1S/C11H16ClNO3S2/c1-3-4-5-6-13-11(14)9-7-10(8(2)17-9)18(12,15)16/h7H,3-6H2,1-2H3,(H,13,14). The Morgan fingerprint density at radius 2 is 2.11 bits per heavy atom. The molecular weight excluding hydrogens is 294 g/mol. The predicted molar refractivity (Wildman–Crippen MR) is 74.0 cm³/mol. The van der Waals surface area contributed by atoms with Crippen molar-refractivity contribution in [2.75, 3.05) is 6.54 Å². The van der Waals surface area contributed by atoms with E-state index in [9.17, 15) is 13.2 Å². The molecule has 4 nitrogen and oxygen atoms in total. The molecule has 7 heteroatoms. The van der Waals surface area contributed by atoms with Gasteiger partial charge in [-0.15, -0.1) is 11.3 Å². The van der Waals surface area contributed by atoms with Crippen molar-refractivity contribution < 1.29 is 13.2 Å². The highest BCUT2D eigenvalue weighted by Gasteiger charge is 2.19. The van der Waals surface area contributed by atoms with Crippen LogP contribution in [0.5, 0.6) is 0 Å². The van der Waals surface area contributed by atoms with Crippen LogP contribution >= 0.6 is 22.0 Å². The van der Waals surface area contributed by atoms with Gasteiger partial charge in [0, 0.05) is 22.1 Å². The van der Waals surface area contributed by atoms with Crippen molar-refractivity contribution in [3.63, 3.8) is 0 Å². The first-order valence-corrected chi connectivity index (χ1v) is 8.82. The predicted octanol–water partition coefficient (Wildman–Crippen LogP) is 2.90. The zero-order valence-electron chi connectivity index (χ0n) is 10.3. The summed E-state index contributed by atoms with van der Waals surface area (Å²) in [5, 5.41) is 2.76. The largest absolute Gasteiger partial charge is 0.351 e. The van der Waals surface area contributed by atoms with Crippen LogP contribution < -0.4 is 5.32 Å². The van der Waals surface area contributed by atoms with Gasteiger partial charge in [0.25, 0.3) is 15.0 Å². The maximum absolute atomic E-state index is 11.8. The first-order chi connectivity index (χ1) is 8.36. The van der Waals surface area contributed by atoms with Crippen LogP contribution in [0, 0.1) is 6.92 Å². The number of hydrogen-bond donors (Lipinski definition) is 1. The van der Waals surface area contributed by atoms with Crippen LogP contribution in [-0.2, 0) is 9.05 Å². The van der Waals surface area contributed by atoms with Crippen molar-refractivity contribution in [2.24, 2.45) is 0 Å². The quantitative estimate of drug-likeness (QED) is 0.649. The molecule has 0 radical (unpaired) electrons. The van der Waals surface area contributed by atoms with E-state index in [0.717, 1.165) is 30.6 Å². The SMILES string of the molecule is CCCCCNC(=O)c1cc(S(=O)(=O)Cl)c(C)s1. The average Bonchev–Trinajstić information content (AvgIpc) is 2.66. The molecule has 0 spiro atoms. The van der Waals surface area contributed by atoms with E-state index < -0.39 is 9.05 Å². The van der Waals surface area contributed by atoms with Crippen LogP contribution in [0.4, 0.5) is 0 Å². The molecule has 1 amide bonds. The molecule has 0 atom stereocenters. The average molecular weight is 310 g/mol. The fourth-order valence-corrected chi connectivity index (χ4v) is 4.06. The number of halogens is 1. The van der Waals surface area contributed by atoms with E-state index in [1.165, 1.54) is 6.07 Å². The summed E-state index contributed by atoms with van der Waals surface area (Å²) in [6.45, 7) is 4.32. The Labute approximate surface area is 116 Å². The van der Waals surface area contributed by atoms with Crippen molar-refractivity contribution in [3.05, 3.63) is 15.8 Å². The molecule has 0 aliphatic rings. The molecule has 0 fully saturated rings. The van der Waals surface area contributed by atoms with Crippen LogP contribution in [0.2, 0.25) is 0 Å². The highest BCUT2D eigenvalue weighted by atomic mass is 35.7. The van der Waals surface area contributed by atoms with Crippen molar-refractivity contribution >= 4 is 37.0 Å². The summed E-state index contributed by atoms with van der Waals surface area (Å²) in [6.07, 6.45) is 3.07. The number of hydrogen-bond acceptors (Lipinski definition) is 4. The first kappa shape index (κ1) is 15.5. The lowest BCUT2D eigenvalue weighted by Crippen LogP contribution is -2.23. The normalized spacial score (nSPS) is 11.5. The zero-order chi connectivity index (χ0) is 13.8. The minimum Gasteiger partial charge on any atom is -0.351 e. The van der Waals surface area contributed by atoms with Gasteiger partial charge in [-0.2, -0.15) is 0 Å². The maximum atomic E-state index is 11.8. The summed E-state index contributed by atoms with van der Waals surface area (Å²) in [7, 11) is 1.50. The van der Waals surface area contributed by atoms with E-state index in [1.54, 1.807) is 6.92 Å². The van der Waals surface area contributed by atoms with Gasteiger partial charge < -0.3 is 5.32 Å². The van der Waals surface area contributed by atoms with Crippen LogP contribution in [0.15, 0.2) is 11.0 Å². The number of nitrogens with one attached hydrogen (secondary N) is 1. The molecule has 1 heterocycles. The summed E-state index contributed by atoms with van der Waals surface area (Å²) in [6, 6.07) is 1.33. The summed E-state index contributed by atoms with van der Waals surface area (Å²) in [4.78, 5) is 12.7. The van der Waals surface area contributed by atoms with Crippen molar-refractivity contribution in [2.45, 2.75) is 38.0 Å². The molecule has 18 heavy (non-hydrogen) atoms. The molecule has 0 aliphatic heterocycles. The third-order valence-corrected chi connectivity index (χ3v) is 5.05. The van der Waals surface area contributed by atoms with E-state index >= 15 is 0 Å². The molecular formula is C11H16ClNO3S2. The highest BCUT2D eigenvalue weighted by Crippen LogP contribution is 2.28. The van der Waals surface area contributed by atoms with E-state index in [-0.39, 0.29) is 10.8 Å². The second-order valence-electron chi connectivity index (χ2n) is 3.93. The first-order valence-electron chi connectivity index (χ1n) is 5.69. The Balaban J connectivity index is 2.71. The van der Waals surface area contributed by atoms with Crippen LogP contribution in [0.25, 0.3) is 0 Å². The molecule has 1 aromatic heterocycles. The Kier molecular flexibility index (Phi) is 5.62. The van der Waals surface area contributed by atoms with E-state index in [4.69, 9.17) is 10.7 Å². The van der Waals surface area contributed by atoms with Crippen LogP contribution in [-0.4, -0.2) is 20.9 Å². The Hall–Kier alpha value is -0.590. The lowest BCUT2D eigenvalue weighted by atomic mass is 10.2. The summed E-state index contributed by atoms with van der Waals surface area (Å²) in [5.41, 5.74) is 0. The molecule has 0 aromatic carbocycles. The van der Waals surface area contributed by atoms with Crippen molar-refractivity contribution in [3.8, 4) is 0 Å². The Morgan fingerprint density at radius 1 is 1.44 bits per heavy atom. The van der Waals surface area contributed by atoms with E-state index in [0.29, 0.717) is 16.3 Å². The number of unbranched alkanes of at least 4 members (excludes halogenated alkanes) is 2. The molecule has 1 rings (SSSR count). The minimum atomic E-state index is -3.77. The molecule has 102 valence electrons. The topological polar surface area (TPSA) is 63.2 Å². The second kappa shape index (κ2) is 6.54. The molecule has 0 bridgehead atoms. The number of carbonyl (C=O) groups excluding carboxylic acids is 1.